The van der Waals surface area contributed by atoms with E-state index in [0.29, 0.717) is 13.2 Å². The molecule has 2 nitrogen and oxygen atoms in total. The van der Waals surface area contributed by atoms with Crippen molar-refractivity contribution in [3.8, 4) is 0 Å². The van der Waals surface area contributed by atoms with Gasteiger partial charge in [0.25, 0.3) is 0 Å². The molecule has 0 fully saturated rings. The van der Waals surface area contributed by atoms with Gasteiger partial charge >= 0.3 is 0 Å². The summed E-state index contributed by atoms with van der Waals surface area (Å²) in [6.45, 7) is 8.82. The van der Waals surface area contributed by atoms with Gasteiger partial charge in [-0.05, 0) is 23.7 Å². The highest BCUT2D eigenvalue weighted by Gasteiger charge is 2.27. The molecule has 1 aromatic rings. The molecule has 0 bridgehead atoms. The molecule has 0 aliphatic heterocycles. The van der Waals surface area contributed by atoms with E-state index in [9.17, 15) is 0 Å². The molecule has 0 radical (unpaired) electrons. The van der Waals surface area contributed by atoms with Gasteiger partial charge in [-0.2, -0.15) is 0 Å². The van der Waals surface area contributed by atoms with Crippen LogP contribution in [0, 0.1) is 0 Å². The molecule has 0 aliphatic carbocycles. The van der Waals surface area contributed by atoms with Crippen molar-refractivity contribution >= 4 is 8.32 Å². The van der Waals surface area contributed by atoms with Crippen LogP contribution in [0.4, 0.5) is 0 Å². The zero-order chi connectivity index (χ0) is 14.7. The summed E-state index contributed by atoms with van der Waals surface area (Å²) in [6.07, 6.45) is 4.15. The molecule has 0 amide bonds. The highest BCUT2D eigenvalue weighted by atomic mass is 28.4. The fourth-order valence-corrected chi connectivity index (χ4v) is 4.80. The zero-order valence-electron chi connectivity index (χ0n) is 13.1. The van der Waals surface area contributed by atoms with Crippen molar-refractivity contribution in [1.29, 1.82) is 0 Å². The second kappa shape index (κ2) is 9.92. The average Bonchev–Trinajstić information content (AvgIpc) is 2.52. The van der Waals surface area contributed by atoms with Gasteiger partial charge in [-0.15, -0.1) is 0 Å². The maximum Gasteiger partial charge on any atom is 0.192 e. The summed E-state index contributed by atoms with van der Waals surface area (Å²) in [5.74, 6) is 0. The smallest absolute Gasteiger partial charge is 0.192 e. The molecule has 0 unspecified atom stereocenters. The van der Waals surface area contributed by atoms with Gasteiger partial charge in [0.15, 0.2) is 8.32 Å². The molecule has 1 rings (SSSR count). The Morgan fingerprint density at radius 2 is 1.50 bits per heavy atom. The summed E-state index contributed by atoms with van der Waals surface area (Å²) in [5, 5.41) is 0. The second-order valence-corrected chi connectivity index (χ2v) is 9.80. The van der Waals surface area contributed by atoms with E-state index in [1.54, 1.807) is 0 Å². The third-order valence-electron chi connectivity index (χ3n) is 3.91. The van der Waals surface area contributed by atoms with Gasteiger partial charge in [0.2, 0.25) is 0 Å². The number of benzene rings is 1. The molecular formula is C17H28O2Si. The van der Waals surface area contributed by atoms with Crippen molar-refractivity contribution in [2.24, 2.45) is 0 Å². The Kier molecular flexibility index (Phi) is 8.50. The molecular weight excluding hydrogens is 264 g/mol. The van der Waals surface area contributed by atoms with E-state index in [4.69, 9.17) is 9.16 Å². The summed E-state index contributed by atoms with van der Waals surface area (Å²) in [4.78, 5) is 0. The maximum atomic E-state index is 6.14. The lowest BCUT2D eigenvalue weighted by Crippen LogP contribution is -2.35. The van der Waals surface area contributed by atoms with Crippen LogP contribution in [0.2, 0.25) is 18.1 Å². The highest BCUT2D eigenvalue weighted by molar-refractivity contribution is 6.73. The molecule has 0 saturated carbocycles. The first-order valence-corrected chi connectivity index (χ1v) is 10.2. The van der Waals surface area contributed by atoms with Crippen LogP contribution in [0.25, 0.3) is 0 Å². The van der Waals surface area contributed by atoms with Gasteiger partial charge in [0.1, 0.15) is 0 Å². The van der Waals surface area contributed by atoms with E-state index < -0.39 is 8.32 Å². The summed E-state index contributed by atoms with van der Waals surface area (Å²) >= 11 is 0. The van der Waals surface area contributed by atoms with Crippen LogP contribution in [0.15, 0.2) is 42.5 Å². The molecule has 0 N–H and O–H groups in total. The Balaban J connectivity index is 2.16. The van der Waals surface area contributed by atoms with Gasteiger partial charge in [-0.1, -0.05) is 63.3 Å². The van der Waals surface area contributed by atoms with Crippen LogP contribution in [0.5, 0.6) is 0 Å². The molecule has 3 heteroatoms. The monoisotopic (exact) mass is 292 g/mol. The minimum Gasteiger partial charge on any atom is -0.413 e. The Bertz CT molecular complexity index is 364. The fourth-order valence-electron chi connectivity index (χ4n) is 2.24. The van der Waals surface area contributed by atoms with Crippen LogP contribution >= 0.6 is 0 Å². The minimum atomic E-state index is -1.43. The first-order chi connectivity index (χ1) is 9.76. The predicted molar refractivity (Wildman–Crippen MR) is 88.4 cm³/mol. The standard InChI is InChI=1S/C17H28O2Si/c1-4-20(5-2,6-3)19-15-11-10-14-18-16-17-12-8-7-9-13-17/h7-13H,4-6,14-16H2,1-3H3/b11-10+. The van der Waals surface area contributed by atoms with E-state index in [1.165, 1.54) is 23.7 Å². The van der Waals surface area contributed by atoms with Crippen LogP contribution < -0.4 is 0 Å². The topological polar surface area (TPSA) is 18.5 Å². The van der Waals surface area contributed by atoms with Gasteiger partial charge in [0, 0.05) is 0 Å². The normalized spacial score (nSPS) is 12.2. The Labute approximate surface area is 124 Å². The molecule has 0 atom stereocenters. The van der Waals surface area contributed by atoms with Crippen LogP contribution in [0.1, 0.15) is 26.3 Å². The summed E-state index contributed by atoms with van der Waals surface area (Å²) in [7, 11) is -1.43. The molecule has 0 aliphatic rings. The van der Waals surface area contributed by atoms with Gasteiger partial charge in [-0.3, -0.25) is 0 Å². The summed E-state index contributed by atoms with van der Waals surface area (Å²) < 4.78 is 11.7. The van der Waals surface area contributed by atoms with E-state index in [1.807, 2.05) is 18.2 Å². The Hall–Kier alpha value is -0.903. The van der Waals surface area contributed by atoms with E-state index in [-0.39, 0.29) is 0 Å². The van der Waals surface area contributed by atoms with Gasteiger partial charge < -0.3 is 9.16 Å². The molecule has 0 heterocycles. The Morgan fingerprint density at radius 3 is 2.10 bits per heavy atom. The minimum absolute atomic E-state index is 0.650. The van der Waals surface area contributed by atoms with Gasteiger partial charge in [-0.25, -0.2) is 0 Å². The molecule has 1 aromatic carbocycles. The van der Waals surface area contributed by atoms with E-state index >= 15 is 0 Å². The first-order valence-electron chi connectivity index (χ1n) is 7.67. The summed E-state index contributed by atoms with van der Waals surface area (Å²) in [5.41, 5.74) is 1.21. The van der Waals surface area contributed by atoms with Crippen LogP contribution in [-0.2, 0) is 15.8 Å². The van der Waals surface area contributed by atoms with Crippen molar-refractivity contribution in [3.05, 3.63) is 48.0 Å². The predicted octanol–water partition coefficient (Wildman–Crippen LogP) is 4.78. The number of hydrogen-bond acceptors (Lipinski definition) is 2. The van der Waals surface area contributed by atoms with Crippen molar-refractivity contribution < 1.29 is 9.16 Å². The zero-order valence-corrected chi connectivity index (χ0v) is 14.1. The van der Waals surface area contributed by atoms with Crippen LogP contribution in [0.3, 0.4) is 0 Å². The molecule has 112 valence electrons. The maximum absolute atomic E-state index is 6.14. The SMILES string of the molecule is CC[Si](CC)(CC)OC/C=C/COCc1ccccc1. The summed E-state index contributed by atoms with van der Waals surface area (Å²) in [6, 6.07) is 13.9. The van der Waals surface area contributed by atoms with Crippen LogP contribution in [-0.4, -0.2) is 21.5 Å². The number of ether oxygens (including phenoxy) is 1. The third kappa shape index (κ3) is 6.03. The van der Waals surface area contributed by atoms with Crippen molar-refractivity contribution in [2.75, 3.05) is 13.2 Å². The lowest BCUT2D eigenvalue weighted by atomic mass is 10.2. The molecule has 0 aromatic heterocycles. The Morgan fingerprint density at radius 1 is 0.900 bits per heavy atom. The molecule has 0 saturated heterocycles. The largest absolute Gasteiger partial charge is 0.413 e. The van der Waals surface area contributed by atoms with Crippen molar-refractivity contribution in [2.45, 2.75) is 45.5 Å². The molecule has 0 spiro atoms. The lowest BCUT2D eigenvalue weighted by molar-refractivity contribution is 0.148. The first kappa shape index (κ1) is 17.1. The third-order valence-corrected chi connectivity index (χ3v) is 8.56. The van der Waals surface area contributed by atoms with Crippen molar-refractivity contribution in [1.82, 2.24) is 0 Å². The molecule has 20 heavy (non-hydrogen) atoms. The fraction of sp³-hybridized carbons (Fsp3) is 0.529. The highest BCUT2D eigenvalue weighted by Crippen LogP contribution is 2.21. The lowest BCUT2D eigenvalue weighted by Gasteiger charge is -2.27. The number of rotatable bonds is 10. The number of hydrogen-bond donors (Lipinski definition) is 0. The quantitative estimate of drug-likeness (QED) is 0.351. The van der Waals surface area contributed by atoms with Gasteiger partial charge in [0.05, 0.1) is 19.8 Å². The van der Waals surface area contributed by atoms with E-state index in [0.717, 1.165) is 6.61 Å². The second-order valence-electron chi connectivity index (χ2n) is 5.03. The van der Waals surface area contributed by atoms with Crippen molar-refractivity contribution in [3.63, 3.8) is 0 Å². The van der Waals surface area contributed by atoms with E-state index in [2.05, 4.69) is 45.1 Å². The average molecular weight is 292 g/mol.